The van der Waals surface area contributed by atoms with E-state index in [1.165, 1.54) is 33.4 Å². The second-order valence-corrected chi connectivity index (χ2v) is 11.2. The van der Waals surface area contributed by atoms with E-state index in [0.29, 0.717) is 19.4 Å². The molecule has 2 unspecified atom stereocenters. The molecule has 0 radical (unpaired) electrons. The lowest BCUT2D eigenvalue weighted by Crippen LogP contribution is -2.21. The number of aliphatic hydroxyl groups is 1. The third-order valence-corrected chi connectivity index (χ3v) is 7.67. The van der Waals surface area contributed by atoms with Crippen LogP contribution in [0.25, 0.3) is 11.1 Å². The number of aryl methyl sites for hydroxylation is 2. The molecule has 3 N–H and O–H groups in total. The number of hydrogen-bond acceptors (Lipinski definition) is 5. The number of carboxylic acids is 1. The van der Waals surface area contributed by atoms with Crippen LogP contribution in [0.4, 0.5) is 5.82 Å². The number of hydrogen-bond donors (Lipinski definition) is 3. The van der Waals surface area contributed by atoms with Crippen LogP contribution in [0.15, 0.2) is 48.7 Å². The van der Waals surface area contributed by atoms with Crippen LogP contribution in [0.3, 0.4) is 0 Å². The number of benzene rings is 2. The molecule has 6 nitrogen and oxygen atoms in total. The molecule has 3 atom stereocenters. The Bertz CT molecular complexity index is 1290. The van der Waals surface area contributed by atoms with Gasteiger partial charge in [0.25, 0.3) is 0 Å². The Balaban J connectivity index is 1.32. The maximum Gasteiger partial charge on any atom is 0.307 e. The Labute approximate surface area is 218 Å². The molecule has 1 fully saturated rings. The fraction of sp³-hybridized carbons (Fsp3) is 0.419. The summed E-state index contributed by atoms with van der Waals surface area (Å²) in [5, 5.41) is 22.7. The summed E-state index contributed by atoms with van der Waals surface area (Å²) in [7, 11) is 0. The molecule has 37 heavy (non-hydrogen) atoms. The molecule has 2 aliphatic rings. The van der Waals surface area contributed by atoms with Gasteiger partial charge in [0.05, 0.1) is 24.2 Å². The molecule has 0 bridgehead atoms. The number of pyridine rings is 1. The lowest BCUT2D eigenvalue weighted by atomic mass is 9.90. The minimum atomic E-state index is -0.739. The molecule has 0 aliphatic heterocycles. The van der Waals surface area contributed by atoms with Crippen molar-refractivity contribution in [2.24, 2.45) is 5.92 Å². The van der Waals surface area contributed by atoms with Gasteiger partial charge in [0.15, 0.2) is 0 Å². The van der Waals surface area contributed by atoms with Crippen molar-refractivity contribution in [3.05, 3.63) is 76.5 Å². The maximum absolute atomic E-state index is 11.2. The zero-order valence-electron chi connectivity index (χ0n) is 22.0. The molecule has 5 rings (SSSR count). The first kappa shape index (κ1) is 25.3. The second kappa shape index (κ2) is 9.82. The molecule has 0 amide bonds. The molecule has 2 aliphatic carbocycles. The zero-order chi connectivity index (χ0) is 26.3. The normalized spacial score (nSPS) is 20.4. The van der Waals surface area contributed by atoms with Crippen LogP contribution in [0.2, 0.25) is 0 Å². The molecule has 1 saturated carbocycles. The molecule has 6 heteroatoms. The van der Waals surface area contributed by atoms with Gasteiger partial charge in [-0.15, -0.1) is 0 Å². The van der Waals surface area contributed by atoms with Gasteiger partial charge in [0.1, 0.15) is 11.6 Å². The van der Waals surface area contributed by atoms with Gasteiger partial charge in [-0.3, -0.25) is 4.79 Å². The van der Waals surface area contributed by atoms with Crippen molar-refractivity contribution in [3.63, 3.8) is 0 Å². The average molecular weight is 501 g/mol. The molecule has 194 valence electrons. The Morgan fingerprint density at radius 1 is 1.16 bits per heavy atom. The predicted molar refractivity (Wildman–Crippen MR) is 145 cm³/mol. The highest BCUT2D eigenvalue weighted by Gasteiger charge is 2.44. The standard InChI is InChI=1S/C31H36N2O4/c1-18-14-21(37-13-12-31(3,4)36)15-19(2)29(18)24-7-5-6-23-22(24)9-10-27(23)33-28-11-8-20(17-32-28)25-16-26(25)30(34)35/h5-8,11,14-15,17,25-27,36H,9-10,12-13,16H2,1-4H3,(H,32,33)(H,34,35)/t25?,26?,27-/m1/s1. The summed E-state index contributed by atoms with van der Waals surface area (Å²) in [5.41, 5.74) is 7.84. The van der Waals surface area contributed by atoms with Crippen molar-refractivity contribution in [1.29, 1.82) is 0 Å². The van der Waals surface area contributed by atoms with Crippen LogP contribution in [0.5, 0.6) is 5.75 Å². The topological polar surface area (TPSA) is 91.7 Å². The summed E-state index contributed by atoms with van der Waals surface area (Å²) < 4.78 is 5.95. The summed E-state index contributed by atoms with van der Waals surface area (Å²) in [4.78, 5) is 15.8. The first-order chi connectivity index (χ1) is 17.6. The van der Waals surface area contributed by atoms with Crippen LogP contribution in [-0.2, 0) is 11.2 Å². The number of nitrogens with zero attached hydrogens (tertiary/aromatic N) is 1. The smallest absolute Gasteiger partial charge is 0.307 e. The number of carboxylic acid groups (broad SMARTS) is 1. The fourth-order valence-electron chi connectivity index (χ4n) is 5.61. The highest BCUT2D eigenvalue weighted by molar-refractivity contribution is 5.77. The molecular formula is C31H36N2O4. The van der Waals surface area contributed by atoms with E-state index in [1.807, 2.05) is 18.3 Å². The highest BCUT2D eigenvalue weighted by Crippen LogP contribution is 2.47. The monoisotopic (exact) mass is 500 g/mol. The molecule has 2 aromatic carbocycles. The Morgan fingerprint density at radius 3 is 2.54 bits per heavy atom. The molecule has 0 spiro atoms. The van der Waals surface area contributed by atoms with E-state index in [2.05, 4.69) is 54.5 Å². The van der Waals surface area contributed by atoms with Gasteiger partial charge < -0.3 is 20.3 Å². The average Bonchev–Trinajstić information content (AvgIpc) is 3.53. The maximum atomic E-state index is 11.2. The SMILES string of the molecule is Cc1cc(OCCC(C)(C)O)cc(C)c1-c1cccc2c1CC[C@H]2Nc1ccc(C2CC2C(=O)O)cn1. The van der Waals surface area contributed by atoms with E-state index in [1.54, 1.807) is 13.8 Å². The molecule has 3 aromatic rings. The second-order valence-electron chi connectivity index (χ2n) is 11.2. The number of nitrogens with one attached hydrogen (secondary N) is 1. The van der Waals surface area contributed by atoms with E-state index in [0.717, 1.165) is 30.0 Å². The minimum absolute atomic E-state index is 0.0959. The largest absolute Gasteiger partial charge is 0.493 e. The summed E-state index contributed by atoms with van der Waals surface area (Å²) in [5.74, 6) is 0.772. The number of carbonyl (C=O) groups is 1. The Kier molecular flexibility index (Phi) is 6.71. The van der Waals surface area contributed by atoms with Crippen molar-refractivity contribution >= 4 is 11.8 Å². The summed E-state index contributed by atoms with van der Waals surface area (Å²) in [6, 6.07) is 14.9. The Hall–Kier alpha value is -3.38. The lowest BCUT2D eigenvalue weighted by molar-refractivity contribution is -0.138. The summed E-state index contributed by atoms with van der Waals surface area (Å²) >= 11 is 0. The van der Waals surface area contributed by atoms with Gasteiger partial charge in [-0.05, 0) is 110 Å². The van der Waals surface area contributed by atoms with Gasteiger partial charge in [0, 0.05) is 12.6 Å². The van der Waals surface area contributed by atoms with Crippen LogP contribution in [0, 0.1) is 19.8 Å². The van der Waals surface area contributed by atoms with Crippen molar-refractivity contribution in [3.8, 4) is 16.9 Å². The highest BCUT2D eigenvalue weighted by atomic mass is 16.5. The summed E-state index contributed by atoms with van der Waals surface area (Å²) in [6.45, 7) is 8.34. The van der Waals surface area contributed by atoms with Crippen LogP contribution >= 0.6 is 0 Å². The first-order valence-corrected chi connectivity index (χ1v) is 13.1. The van der Waals surface area contributed by atoms with Crippen molar-refractivity contribution in [2.75, 3.05) is 11.9 Å². The predicted octanol–water partition coefficient (Wildman–Crippen LogP) is 6.19. The van der Waals surface area contributed by atoms with Gasteiger partial charge in [-0.2, -0.15) is 0 Å². The first-order valence-electron chi connectivity index (χ1n) is 13.1. The van der Waals surface area contributed by atoms with Gasteiger partial charge in [-0.25, -0.2) is 4.98 Å². The number of ether oxygens (including phenoxy) is 1. The molecular weight excluding hydrogens is 464 g/mol. The number of fused-ring (bicyclic) bond motifs is 1. The van der Waals surface area contributed by atoms with E-state index in [-0.39, 0.29) is 17.9 Å². The van der Waals surface area contributed by atoms with Crippen LogP contribution in [-0.4, -0.2) is 33.4 Å². The van der Waals surface area contributed by atoms with Crippen molar-refractivity contribution in [1.82, 2.24) is 4.98 Å². The molecule has 0 saturated heterocycles. The number of aromatic nitrogens is 1. The zero-order valence-corrected chi connectivity index (χ0v) is 22.0. The minimum Gasteiger partial charge on any atom is -0.493 e. The number of anilines is 1. The van der Waals surface area contributed by atoms with Crippen molar-refractivity contribution in [2.45, 2.75) is 70.9 Å². The van der Waals surface area contributed by atoms with Crippen molar-refractivity contribution < 1.29 is 19.7 Å². The molecule has 1 aromatic heterocycles. The van der Waals surface area contributed by atoms with E-state index in [4.69, 9.17) is 4.74 Å². The Morgan fingerprint density at radius 2 is 1.92 bits per heavy atom. The van der Waals surface area contributed by atoms with Crippen LogP contribution in [0.1, 0.15) is 72.9 Å². The third-order valence-electron chi connectivity index (χ3n) is 7.67. The van der Waals surface area contributed by atoms with Gasteiger partial charge in [-0.1, -0.05) is 24.3 Å². The quantitative estimate of drug-likeness (QED) is 0.324. The fourth-order valence-corrected chi connectivity index (χ4v) is 5.61. The van der Waals surface area contributed by atoms with E-state index in [9.17, 15) is 15.0 Å². The third kappa shape index (κ3) is 5.49. The van der Waals surface area contributed by atoms with Crippen LogP contribution < -0.4 is 10.1 Å². The lowest BCUT2D eigenvalue weighted by Gasteiger charge is -2.20. The number of rotatable bonds is 9. The van der Waals surface area contributed by atoms with Gasteiger partial charge in [0.2, 0.25) is 0 Å². The van der Waals surface area contributed by atoms with E-state index < -0.39 is 11.6 Å². The molecule has 1 heterocycles. The van der Waals surface area contributed by atoms with E-state index >= 15 is 0 Å². The number of aliphatic carboxylic acids is 1. The van der Waals surface area contributed by atoms with Gasteiger partial charge >= 0.3 is 5.97 Å². The summed E-state index contributed by atoms with van der Waals surface area (Å²) in [6.07, 6.45) is 5.09.